The Morgan fingerprint density at radius 1 is 1.37 bits per heavy atom. The van der Waals surface area contributed by atoms with E-state index in [4.69, 9.17) is 4.74 Å². The normalized spacial score (nSPS) is 14.7. The first-order valence-corrected chi connectivity index (χ1v) is 8.90. The van der Waals surface area contributed by atoms with E-state index in [2.05, 4.69) is 15.3 Å². The Kier molecular flexibility index (Phi) is 4.53. The van der Waals surface area contributed by atoms with Crippen LogP contribution in [0, 0.1) is 5.82 Å². The second-order valence-electron chi connectivity index (χ2n) is 6.90. The molecule has 0 radical (unpaired) electrons. The molecule has 1 aromatic carbocycles. The highest BCUT2D eigenvalue weighted by Crippen LogP contribution is 2.21. The fourth-order valence-electron chi connectivity index (χ4n) is 3.49. The summed E-state index contributed by atoms with van der Waals surface area (Å²) in [6.07, 6.45) is 2.97. The minimum absolute atomic E-state index is 0.0797. The first kappa shape index (κ1) is 17.5. The number of aromatic amines is 2. The van der Waals surface area contributed by atoms with Crippen molar-refractivity contribution < 1.29 is 13.9 Å². The van der Waals surface area contributed by atoms with E-state index in [1.165, 1.54) is 12.1 Å². The van der Waals surface area contributed by atoms with Crippen molar-refractivity contribution in [2.75, 3.05) is 6.61 Å². The average molecular weight is 369 g/mol. The number of H-pyrrole nitrogens is 2. The molecule has 1 aliphatic heterocycles. The van der Waals surface area contributed by atoms with Gasteiger partial charge in [-0.2, -0.15) is 0 Å². The lowest BCUT2D eigenvalue weighted by atomic mass is 10.0. The van der Waals surface area contributed by atoms with Crippen LogP contribution in [0.4, 0.5) is 4.39 Å². The Bertz CT molecular complexity index is 1070. The Labute approximate surface area is 154 Å². The number of aromatic nitrogens is 2. The van der Waals surface area contributed by atoms with Crippen LogP contribution in [0.25, 0.3) is 10.9 Å². The summed E-state index contributed by atoms with van der Waals surface area (Å²) in [6.45, 7) is 2.81. The number of halogens is 1. The molecule has 27 heavy (non-hydrogen) atoms. The maximum atomic E-state index is 13.5. The summed E-state index contributed by atoms with van der Waals surface area (Å²) in [4.78, 5) is 30.7. The lowest BCUT2D eigenvalue weighted by Gasteiger charge is -2.18. The number of nitrogens with one attached hydrogen (secondary N) is 3. The highest BCUT2D eigenvalue weighted by atomic mass is 19.1. The van der Waals surface area contributed by atoms with Crippen LogP contribution >= 0.6 is 0 Å². The van der Waals surface area contributed by atoms with E-state index in [1.54, 1.807) is 12.1 Å². The summed E-state index contributed by atoms with van der Waals surface area (Å²) in [7, 11) is 0. The highest BCUT2D eigenvalue weighted by Gasteiger charge is 2.19. The zero-order chi connectivity index (χ0) is 19.0. The van der Waals surface area contributed by atoms with Gasteiger partial charge in [-0.05, 0) is 48.7 Å². The molecule has 3 heterocycles. The number of carbonyl (C=O) groups excluding carboxylic acids is 1. The number of pyridine rings is 1. The molecule has 0 fully saturated rings. The van der Waals surface area contributed by atoms with Gasteiger partial charge < -0.3 is 20.0 Å². The van der Waals surface area contributed by atoms with Crippen LogP contribution in [0.3, 0.4) is 0 Å². The van der Waals surface area contributed by atoms with Crippen LogP contribution < -0.4 is 10.9 Å². The van der Waals surface area contributed by atoms with E-state index < -0.39 is 11.5 Å². The molecule has 0 saturated carbocycles. The molecule has 7 heteroatoms. The molecule has 140 valence electrons. The zero-order valence-corrected chi connectivity index (χ0v) is 14.9. The van der Waals surface area contributed by atoms with E-state index in [-0.39, 0.29) is 17.4 Å². The SMILES string of the molecule is CC(Cc1c[nH]c2ccc(F)cc12)NC(=O)c1cc2c([nH]c1=O)CCOC2. The summed E-state index contributed by atoms with van der Waals surface area (Å²) < 4.78 is 18.9. The molecule has 0 aliphatic carbocycles. The van der Waals surface area contributed by atoms with Gasteiger partial charge in [0.2, 0.25) is 0 Å². The van der Waals surface area contributed by atoms with Gasteiger partial charge in [0.05, 0.1) is 13.2 Å². The first-order valence-electron chi connectivity index (χ1n) is 8.90. The van der Waals surface area contributed by atoms with Gasteiger partial charge in [-0.25, -0.2) is 4.39 Å². The summed E-state index contributed by atoms with van der Waals surface area (Å²) in [6, 6.07) is 5.94. The number of fused-ring (bicyclic) bond motifs is 2. The molecule has 1 amide bonds. The van der Waals surface area contributed by atoms with Crippen molar-refractivity contribution in [3.8, 4) is 0 Å². The van der Waals surface area contributed by atoms with E-state index in [0.717, 1.165) is 27.7 Å². The second-order valence-corrected chi connectivity index (χ2v) is 6.90. The van der Waals surface area contributed by atoms with Crippen LogP contribution in [0.1, 0.15) is 34.1 Å². The maximum absolute atomic E-state index is 13.5. The van der Waals surface area contributed by atoms with Crippen molar-refractivity contribution in [1.82, 2.24) is 15.3 Å². The fraction of sp³-hybridized carbons (Fsp3) is 0.300. The molecule has 4 rings (SSSR count). The minimum Gasteiger partial charge on any atom is -0.376 e. The first-order chi connectivity index (χ1) is 13.0. The lowest BCUT2D eigenvalue weighted by molar-refractivity contribution is 0.0935. The summed E-state index contributed by atoms with van der Waals surface area (Å²) in [5.41, 5.74) is 3.11. The summed E-state index contributed by atoms with van der Waals surface area (Å²) in [5.74, 6) is -0.731. The molecular weight excluding hydrogens is 349 g/mol. The standard InChI is InChI=1S/C20H20FN3O3/c1-11(6-12-9-22-18-3-2-14(21)8-15(12)18)23-19(25)16-7-13-10-27-5-4-17(13)24-20(16)26/h2-3,7-9,11,22H,4-6,10H2,1H3,(H,23,25)(H,24,26). The smallest absolute Gasteiger partial charge is 0.261 e. The van der Waals surface area contributed by atoms with Crippen LogP contribution in [0.2, 0.25) is 0 Å². The minimum atomic E-state index is -0.428. The Balaban J connectivity index is 1.51. The quantitative estimate of drug-likeness (QED) is 0.660. The van der Waals surface area contributed by atoms with Gasteiger partial charge in [-0.3, -0.25) is 9.59 Å². The molecule has 6 nitrogen and oxygen atoms in total. The number of amides is 1. The summed E-state index contributed by atoms with van der Waals surface area (Å²) in [5, 5.41) is 3.65. The monoisotopic (exact) mass is 369 g/mol. The van der Waals surface area contributed by atoms with E-state index in [1.807, 2.05) is 13.1 Å². The predicted molar refractivity (Wildman–Crippen MR) is 99.3 cm³/mol. The van der Waals surface area contributed by atoms with Gasteiger partial charge in [-0.1, -0.05) is 0 Å². The van der Waals surface area contributed by atoms with Gasteiger partial charge in [0.25, 0.3) is 11.5 Å². The molecule has 2 aromatic heterocycles. The van der Waals surface area contributed by atoms with Crippen molar-refractivity contribution in [3.05, 3.63) is 69.0 Å². The van der Waals surface area contributed by atoms with Crippen LogP contribution in [0.15, 0.2) is 35.3 Å². The molecule has 3 N–H and O–H groups in total. The Hall–Kier alpha value is -2.93. The predicted octanol–water partition coefficient (Wildman–Crippen LogP) is 2.43. The molecule has 1 unspecified atom stereocenters. The number of benzene rings is 1. The van der Waals surface area contributed by atoms with Crippen LogP contribution in [-0.4, -0.2) is 28.5 Å². The van der Waals surface area contributed by atoms with E-state index >= 15 is 0 Å². The van der Waals surface area contributed by atoms with Crippen molar-refractivity contribution >= 4 is 16.8 Å². The van der Waals surface area contributed by atoms with Gasteiger partial charge in [0, 0.05) is 35.3 Å². The number of hydrogen-bond donors (Lipinski definition) is 3. The molecule has 1 aliphatic rings. The van der Waals surface area contributed by atoms with Gasteiger partial charge in [0.15, 0.2) is 0 Å². The van der Waals surface area contributed by atoms with Crippen molar-refractivity contribution in [3.63, 3.8) is 0 Å². The third-order valence-corrected chi connectivity index (χ3v) is 4.85. The topological polar surface area (TPSA) is 87.0 Å². The second kappa shape index (κ2) is 7.00. The molecule has 0 spiro atoms. The Morgan fingerprint density at radius 3 is 3.07 bits per heavy atom. The number of hydrogen-bond acceptors (Lipinski definition) is 3. The van der Waals surface area contributed by atoms with Gasteiger partial charge in [-0.15, -0.1) is 0 Å². The van der Waals surface area contributed by atoms with Crippen LogP contribution in [0.5, 0.6) is 0 Å². The molecule has 0 bridgehead atoms. The van der Waals surface area contributed by atoms with Crippen molar-refractivity contribution in [2.45, 2.75) is 32.4 Å². The van der Waals surface area contributed by atoms with Crippen LogP contribution in [-0.2, 0) is 24.2 Å². The zero-order valence-electron chi connectivity index (χ0n) is 14.9. The molecule has 1 atom stereocenters. The van der Waals surface area contributed by atoms with E-state index in [0.29, 0.717) is 26.1 Å². The summed E-state index contributed by atoms with van der Waals surface area (Å²) >= 11 is 0. The van der Waals surface area contributed by atoms with Gasteiger partial charge >= 0.3 is 0 Å². The number of ether oxygens (including phenoxy) is 1. The molecule has 0 saturated heterocycles. The third-order valence-electron chi connectivity index (χ3n) is 4.85. The van der Waals surface area contributed by atoms with Gasteiger partial charge in [0.1, 0.15) is 11.4 Å². The average Bonchev–Trinajstić information content (AvgIpc) is 3.02. The molecular formula is C20H20FN3O3. The largest absolute Gasteiger partial charge is 0.376 e. The third kappa shape index (κ3) is 3.50. The van der Waals surface area contributed by atoms with E-state index in [9.17, 15) is 14.0 Å². The van der Waals surface area contributed by atoms with Crippen molar-refractivity contribution in [2.24, 2.45) is 0 Å². The number of rotatable bonds is 4. The number of carbonyl (C=O) groups is 1. The lowest BCUT2D eigenvalue weighted by Crippen LogP contribution is -2.37. The maximum Gasteiger partial charge on any atom is 0.261 e. The Morgan fingerprint density at radius 2 is 2.22 bits per heavy atom. The van der Waals surface area contributed by atoms with Crippen molar-refractivity contribution in [1.29, 1.82) is 0 Å². The molecule has 3 aromatic rings. The fourth-order valence-corrected chi connectivity index (χ4v) is 3.49. The highest BCUT2D eigenvalue weighted by molar-refractivity contribution is 5.94.